The number of rotatable bonds is 4. The summed E-state index contributed by atoms with van der Waals surface area (Å²) in [5.41, 5.74) is 0.0193. The molecular weight excluding hydrogens is 280 g/mol. The highest BCUT2D eigenvalue weighted by molar-refractivity contribution is 5.90. The predicted molar refractivity (Wildman–Crippen MR) is 70.3 cm³/mol. The number of hydrogen-bond acceptors (Lipinski definition) is 4. The van der Waals surface area contributed by atoms with Crippen LogP contribution >= 0.6 is 0 Å². The van der Waals surface area contributed by atoms with Crippen molar-refractivity contribution in [1.82, 2.24) is 4.98 Å². The number of nitrogens with zero attached hydrogens (tertiary/aromatic N) is 1. The zero-order valence-corrected chi connectivity index (χ0v) is 10.8. The fourth-order valence-electron chi connectivity index (χ4n) is 1.58. The number of benzene rings is 1. The standard InChI is InChI=1S/C15H11F2NO3/c1-9(14(19)10-4-3-7-18-8-10)15(20)21-12-6-2-5-11(16)13(12)17/h2-8,14,19H,1H2. The van der Waals surface area contributed by atoms with Gasteiger partial charge in [-0.25, -0.2) is 9.18 Å². The molecular formula is C15H11F2NO3. The molecule has 0 saturated carbocycles. The second-order valence-corrected chi connectivity index (χ2v) is 4.16. The van der Waals surface area contributed by atoms with Gasteiger partial charge in [0.05, 0.1) is 5.57 Å². The largest absolute Gasteiger partial charge is 0.420 e. The van der Waals surface area contributed by atoms with Gasteiger partial charge in [-0.1, -0.05) is 18.7 Å². The molecule has 1 aromatic carbocycles. The lowest BCUT2D eigenvalue weighted by molar-refractivity contribution is -0.131. The highest BCUT2D eigenvalue weighted by Gasteiger charge is 2.22. The van der Waals surface area contributed by atoms with E-state index in [9.17, 15) is 18.7 Å². The summed E-state index contributed by atoms with van der Waals surface area (Å²) < 4.78 is 31.1. The Morgan fingerprint density at radius 3 is 2.71 bits per heavy atom. The molecule has 108 valence electrons. The Morgan fingerprint density at radius 2 is 2.05 bits per heavy atom. The summed E-state index contributed by atoms with van der Waals surface area (Å²) in [7, 11) is 0. The molecule has 0 amide bonds. The first-order chi connectivity index (χ1) is 10.0. The molecule has 4 nitrogen and oxygen atoms in total. The van der Waals surface area contributed by atoms with Crippen LogP contribution in [0.25, 0.3) is 0 Å². The Kier molecular flexibility index (Phi) is 4.39. The highest BCUT2D eigenvalue weighted by atomic mass is 19.2. The van der Waals surface area contributed by atoms with Crippen LogP contribution in [0.3, 0.4) is 0 Å². The van der Waals surface area contributed by atoms with Crippen molar-refractivity contribution in [2.45, 2.75) is 6.10 Å². The summed E-state index contributed by atoms with van der Waals surface area (Å²) >= 11 is 0. The van der Waals surface area contributed by atoms with Crippen LogP contribution in [0.15, 0.2) is 54.9 Å². The molecule has 2 aromatic rings. The van der Waals surface area contributed by atoms with E-state index in [1.54, 1.807) is 12.1 Å². The number of ether oxygens (including phenoxy) is 1. The van der Waals surface area contributed by atoms with Crippen molar-refractivity contribution in [1.29, 1.82) is 0 Å². The maximum absolute atomic E-state index is 13.4. The van der Waals surface area contributed by atoms with E-state index in [1.807, 2.05) is 0 Å². The Bertz CT molecular complexity index is 674. The number of aliphatic hydroxyl groups is 1. The normalized spacial score (nSPS) is 11.8. The first-order valence-corrected chi connectivity index (χ1v) is 5.93. The van der Waals surface area contributed by atoms with Crippen molar-refractivity contribution in [2.24, 2.45) is 0 Å². The molecule has 0 radical (unpaired) electrons. The molecule has 0 saturated heterocycles. The van der Waals surface area contributed by atoms with Crippen molar-refractivity contribution in [3.8, 4) is 5.75 Å². The molecule has 21 heavy (non-hydrogen) atoms. The third kappa shape index (κ3) is 3.29. The molecule has 6 heteroatoms. The van der Waals surface area contributed by atoms with E-state index in [0.717, 1.165) is 12.1 Å². The second-order valence-electron chi connectivity index (χ2n) is 4.16. The molecule has 0 aliphatic heterocycles. The monoisotopic (exact) mass is 291 g/mol. The summed E-state index contributed by atoms with van der Waals surface area (Å²) in [4.78, 5) is 15.6. The van der Waals surface area contributed by atoms with Gasteiger partial charge in [-0.2, -0.15) is 4.39 Å². The van der Waals surface area contributed by atoms with E-state index in [1.165, 1.54) is 18.5 Å². The summed E-state index contributed by atoms with van der Waals surface area (Å²) in [5, 5.41) is 9.95. The Balaban J connectivity index is 2.13. The van der Waals surface area contributed by atoms with E-state index in [2.05, 4.69) is 11.6 Å². The van der Waals surface area contributed by atoms with Gasteiger partial charge in [0.25, 0.3) is 0 Å². The van der Waals surface area contributed by atoms with Crippen LogP contribution in [0.1, 0.15) is 11.7 Å². The molecule has 0 fully saturated rings. The lowest BCUT2D eigenvalue weighted by Crippen LogP contribution is -2.17. The first kappa shape index (κ1) is 14.8. The number of carbonyl (C=O) groups excluding carboxylic acids is 1. The summed E-state index contributed by atoms with van der Waals surface area (Å²) in [6, 6.07) is 6.30. The van der Waals surface area contributed by atoms with Gasteiger partial charge < -0.3 is 9.84 Å². The first-order valence-electron chi connectivity index (χ1n) is 5.93. The summed E-state index contributed by atoms with van der Waals surface area (Å²) in [6.07, 6.45) is 1.51. The van der Waals surface area contributed by atoms with Crippen LogP contribution in [0.2, 0.25) is 0 Å². The summed E-state index contributed by atoms with van der Waals surface area (Å²) in [5.74, 6) is -4.05. The number of aliphatic hydroxyl groups excluding tert-OH is 1. The molecule has 2 rings (SSSR count). The number of pyridine rings is 1. The fraction of sp³-hybridized carbons (Fsp3) is 0.0667. The van der Waals surface area contributed by atoms with Crippen LogP contribution in [0, 0.1) is 11.6 Å². The maximum atomic E-state index is 13.4. The van der Waals surface area contributed by atoms with Gasteiger partial charge in [-0.15, -0.1) is 0 Å². The van der Waals surface area contributed by atoms with Gasteiger partial charge in [-0.05, 0) is 18.2 Å². The number of aromatic nitrogens is 1. The Labute approximate surface area is 119 Å². The van der Waals surface area contributed by atoms with Crippen LogP contribution in [-0.4, -0.2) is 16.1 Å². The molecule has 0 bridgehead atoms. The van der Waals surface area contributed by atoms with Gasteiger partial charge in [0.15, 0.2) is 11.6 Å². The summed E-state index contributed by atoms with van der Waals surface area (Å²) in [6.45, 7) is 3.41. The lowest BCUT2D eigenvalue weighted by atomic mass is 10.1. The highest BCUT2D eigenvalue weighted by Crippen LogP contribution is 2.24. The van der Waals surface area contributed by atoms with Gasteiger partial charge >= 0.3 is 5.97 Å². The van der Waals surface area contributed by atoms with Gasteiger partial charge in [-0.3, -0.25) is 4.98 Å². The van der Waals surface area contributed by atoms with Crippen LogP contribution in [0.5, 0.6) is 5.75 Å². The quantitative estimate of drug-likeness (QED) is 0.534. The zero-order valence-electron chi connectivity index (χ0n) is 10.8. The minimum Gasteiger partial charge on any atom is -0.420 e. The van der Waals surface area contributed by atoms with Crippen molar-refractivity contribution in [3.05, 3.63) is 72.1 Å². The van der Waals surface area contributed by atoms with E-state index >= 15 is 0 Å². The minimum atomic E-state index is -1.34. The molecule has 1 aromatic heterocycles. The van der Waals surface area contributed by atoms with Crippen molar-refractivity contribution in [2.75, 3.05) is 0 Å². The molecule has 0 aliphatic carbocycles. The molecule has 1 N–H and O–H groups in total. The average molecular weight is 291 g/mol. The van der Waals surface area contributed by atoms with E-state index < -0.39 is 29.5 Å². The molecule has 1 atom stereocenters. The number of halogens is 2. The lowest BCUT2D eigenvalue weighted by Gasteiger charge is -2.13. The van der Waals surface area contributed by atoms with Crippen LogP contribution < -0.4 is 4.74 Å². The van der Waals surface area contributed by atoms with Crippen LogP contribution in [-0.2, 0) is 4.79 Å². The van der Waals surface area contributed by atoms with Gasteiger partial charge in [0, 0.05) is 18.0 Å². The predicted octanol–water partition coefficient (Wildman–Crippen LogP) is 2.56. The van der Waals surface area contributed by atoms with Crippen LogP contribution in [0.4, 0.5) is 8.78 Å². The maximum Gasteiger partial charge on any atom is 0.341 e. The SMILES string of the molecule is C=C(C(=O)Oc1cccc(F)c1F)C(O)c1cccnc1. The third-order valence-electron chi connectivity index (χ3n) is 2.71. The number of esters is 1. The molecule has 0 spiro atoms. The second kappa shape index (κ2) is 6.23. The smallest absolute Gasteiger partial charge is 0.341 e. The fourth-order valence-corrected chi connectivity index (χ4v) is 1.58. The van der Waals surface area contributed by atoms with Gasteiger partial charge in [0.1, 0.15) is 6.10 Å². The van der Waals surface area contributed by atoms with Crippen molar-refractivity contribution in [3.63, 3.8) is 0 Å². The van der Waals surface area contributed by atoms with E-state index in [4.69, 9.17) is 4.74 Å². The topological polar surface area (TPSA) is 59.4 Å². The molecule has 1 unspecified atom stereocenters. The van der Waals surface area contributed by atoms with E-state index in [0.29, 0.717) is 5.56 Å². The zero-order chi connectivity index (χ0) is 15.4. The van der Waals surface area contributed by atoms with Crippen molar-refractivity contribution >= 4 is 5.97 Å². The van der Waals surface area contributed by atoms with Gasteiger partial charge in [0.2, 0.25) is 5.82 Å². The molecule has 1 heterocycles. The minimum absolute atomic E-state index is 0.313. The molecule has 0 aliphatic rings. The number of carbonyl (C=O) groups is 1. The third-order valence-corrected chi connectivity index (χ3v) is 2.71. The Morgan fingerprint density at radius 1 is 1.29 bits per heavy atom. The number of hydrogen-bond donors (Lipinski definition) is 1. The van der Waals surface area contributed by atoms with E-state index in [-0.39, 0.29) is 5.57 Å². The van der Waals surface area contributed by atoms with Crippen molar-refractivity contribution < 1.29 is 23.4 Å². The average Bonchev–Trinajstić information content (AvgIpc) is 2.51. The Hall–Kier alpha value is -2.60.